The van der Waals surface area contributed by atoms with Crippen LogP contribution in [0.4, 0.5) is 5.69 Å². The summed E-state index contributed by atoms with van der Waals surface area (Å²) in [5.74, 6) is -1.23. The number of nitrogens with zero attached hydrogens (tertiary/aromatic N) is 1. The molecule has 2 rings (SSSR count). The lowest BCUT2D eigenvalue weighted by molar-refractivity contribution is -0.384. The number of benzene rings is 2. The van der Waals surface area contributed by atoms with Crippen molar-refractivity contribution < 1.29 is 14.8 Å². The number of nitro groups is 1. The molecule has 0 aliphatic heterocycles. The number of carbonyl (C=O) groups excluding carboxylic acids is 1. The smallest absolute Gasteiger partial charge is 0.269 e. The van der Waals surface area contributed by atoms with E-state index in [2.05, 4.69) is 0 Å². The third kappa shape index (κ3) is 2.35. The molecule has 0 fully saturated rings. The second kappa shape index (κ2) is 4.67. The van der Waals surface area contributed by atoms with Gasteiger partial charge in [-0.2, -0.15) is 0 Å². The Morgan fingerprint density at radius 1 is 0.889 bits per heavy atom. The zero-order valence-corrected chi connectivity index (χ0v) is 9.20. The van der Waals surface area contributed by atoms with Gasteiger partial charge in [-0.15, -0.1) is 0 Å². The highest BCUT2D eigenvalue weighted by molar-refractivity contribution is 5.86. The van der Waals surface area contributed by atoms with Crippen molar-refractivity contribution in [3.05, 3.63) is 64.2 Å². The molecule has 18 heavy (non-hydrogen) atoms. The van der Waals surface area contributed by atoms with Gasteiger partial charge in [0.05, 0.1) is 10.9 Å². The van der Waals surface area contributed by atoms with Gasteiger partial charge in [-0.1, -0.05) is 24.3 Å². The van der Waals surface area contributed by atoms with Crippen molar-refractivity contribution >= 4 is 11.7 Å². The molecule has 2 aromatic carbocycles. The summed E-state index contributed by atoms with van der Waals surface area (Å²) in [6.07, 6.45) is 0. The molecule has 0 N–H and O–H groups in total. The lowest BCUT2D eigenvalue weighted by atomic mass is 10.0. The molecule has 0 heterocycles. The van der Waals surface area contributed by atoms with Crippen LogP contribution >= 0.6 is 0 Å². The molecule has 0 unspecified atom stereocenters. The topological polar surface area (TPSA) is 83.3 Å². The second-order valence-electron chi connectivity index (χ2n) is 3.67. The van der Waals surface area contributed by atoms with E-state index in [1.807, 2.05) is 0 Å². The summed E-state index contributed by atoms with van der Waals surface area (Å²) in [7, 11) is 0. The van der Waals surface area contributed by atoms with Gasteiger partial charge in [0.25, 0.3) is 5.69 Å². The van der Waals surface area contributed by atoms with Crippen molar-refractivity contribution in [1.29, 1.82) is 0 Å². The third-order valence-corrected chi connectivity index (χ3v) is 2.53. The standard InChI is InChI=1S/C13H9NO4/c15-13(16)11-3-1-9(2-4-11)10-5-7-12(8-6-10)14(17)18/h1-8H,(H,15,16)/p-1. The summed E-state index contributed by atoms with van der Waals surface area (Å²) in [5.41, 5.74) is 1.69. The zero-order chi connectivity index (χ0) is 13.1. The van der Waals surface area contributed by atoms with Crippen LogP contribution in [0.3, 0.4) is 0 Å². The minimum Gasteiger partial charge on any atom is -0.545 e. The number of non-ortho nitro benzene ring substituents is 1. The summed E-state index contributed by atoms with van der Waals surface area (Å²) in [6, 6.07) is 12.2. The van der Waals surface area contributed by atoms with Crippen molar-refractivity contribution in [3.63, 3.8) is 0 Å². The van der Waals surface area contributed by atoms with E-state index >= 15 is 0 Å². The number of carboxylic acids is 1. The van der Waals surface area contributed by atoms with E-state index in [0.717, 1.165) is 11.1 Å². The molecular formula is C13H8NO4-. The van der Waals surface area contributed by atoms with Gasteiger partial charge in [-0.25, -0.2) is 0 Å². The Hall–Kier alpha value is -2.69. The molecular weight excluding hydrogens is 234 g/mol. The van der Waals surface area contributed by atoms with E-state index in [0.29, 0.717) is 0 Å². The van der Waals surface area contributed by atoms with Gasteiger partial charge in [-0.05, 0) is 28.8 Å². The van der Waals surface area contributed by atoms with Crippen LogP contribution in [0.1, 0.15) is 10.4 Å². The molecule has 0 saturated heterocycles. The zero-order valence-electron chi connectivity index (χ0n) is 9.20. The number of aromatic carboxylic acids is 1. The molecule has 2 aromatic rings. The Bertz CT molecular complexity index is 532. The quantitative estimate of drug-likeness (QED) is 0.604. The van der Waals surface area contributed by atoms with Crippen molar-refractivity contribution in [1.82, 2.24) is 0 Å². The van der Waals surface area contributed by atoms with Crippen molar-refractivity contribution in [3.8, 4) is 11.1 Å². The fourth-order valence-corrected chi connectivity index (χ4v) is 1.57. The SMILES string of the molecule is O=C([O-])c1ccc(-c2ccc([N+](=O)[O-])cc2)cc1. The molecule has 5 nitrogen and oxygen atoms in total. The number of carboxylic acid groups (broad SMARTS) is 1. The van der Waals surface area contributed by atoms with Gasteiger partial charge in [0.2, 0.25) is 0 Å². The Balaban J connectivity index is 2.31. The lowest BCUT2D eigenvalue weighted by Crippen LogP contribution is -2.21. The Labute approximate surface area is 102 Å². The summed E-state index contributed by atoms with van der Waals surface area (Å²) < 4.78 is 0. The van der Waals surface area contributed by atoms with Crippen LogP contribution in [0, 0.1) is 10.1 Å². The molecule has 0 aliphatic rings. The summed E-state index contributed by atoms with van der Waals surface area (Å²) in [4.78, 5) is 20.6. The largest absolute Gasteiger partial charge is 0.545 e. The minimum absolute atomic E-state index is 0.0186. The van der Waals surface area contributed by atoms with E-state index in [1.165, 1.54) is 24.3 Å². The summed E-state index contributed by atoms with van der Waals surface area (Å²) >= 11 is 0. The molecule has 0 radical (unpaired) electrons. The number of hydrogen-bond acceptors (Lipinski definition) is 4. The molecule has 0 bridgehead atoms. The molecule has 90 valence electrons. The first-order valence-corrected chi connectivity index (χ1v) is 5.14. The van der Waals surface area contributed by atoms with Crippen LogP contribution in [0.25, 0.3) is 11.1 Å². The monoisotopic (exact) mass is 242 g/mol. The van der Waals surface area contributed by atoms with Gasteiger partial charge in [0.1, 0.15) is 0 Å². The predicted molar refractivity (Wildman–Crippen MR) is 62.9 cm³/mol. The Morgan fingerprint density at radius 3 is 1.72 bits per heavy atom. The average molecular weight is 242 g/mol. The van der Waals surface area contributed by atoms with E-state index in [1.54, 1.807) is 24.3 Å². The van der Waals surface area contributed by atoms with E-state index < -0.39 is 10.9 Å². The summed E-state index contributed by atoms with van der Waals surface area (Å²) in [6.45, 7) is 0. The fourth-order valence-electron chi connectivity index (χ4n) is 1.57. The first-order chi connectivity index (χ1) is 8.58. The highest BCUT2D eigenvalue weighted by Crippen LogP contribution is 2.22. The molecule has 0 atom stereocenters. The van der Waals surface area contributed by atoms with E-state index in [-0.39, 0.29) is 11.3 Å². The van der Waals surface area contributed by atoms with E-state index in [4.69, 9.17) is 0 Å². The summed E-state index contributed by atoms with van der Waals surface area (Å²) in [5, 5.41) is 21.1. The molecule has 0 aliphatic carbocycles. The molecule has 5 heteroatoms. The van der Waals surface area contributed by atoms with Crippen LogP contribution < -0.4 is 5.11 Å². The number of carbonyl (C=O) groups is 1. The van der Waals surface area contributed by atoms with Crippen molar-refractivity contribution in [2.45, 2.75) is 0 Å². The normalized spacial score (nSPS) is 10.0. The molecule has 0 amide bonds. The first kappa shape index (κ1) is 11.8. The number of nitro benzene ring substituents is 1. The van der Waals surface area contributed by atoms with Crippen LogP contribution in [0.15, 0.2) is 48.5 Å². The minimum atomic E-state index is -1.23. The maximum Gasteiger partial charge on any atom is 0.269 e. The van der Waals surface area contributed by atoms with Crippen LogP contribution in [-0.2, 0) is 0 Å². The molecule has 0 spiro atoms. The van der Waals surface area contributed by atoms with Gasteiger partial charge < -0.3 is 9.90 Å². The molecule has 0 aromatic heterocycles. The Morgan fingerprint density at radius 2 is 1.33 bits per heavy atom. The first-order valence-electron chi connectivity index (χ1n) is 5.14. The van der Waals surface area contributed by atoms with Crippen LogP contribution in [-0.4, -0.2) is 10.9 Å². The average Bonchev–Trinajstić information content (AvgIpc) is 2.39. The van der Waals surface area contributed by atoms with Crippen molar-refractivity contribution in [2.75, 3.05) is 0 Å². The van der Waals surface area contributed by atoms with Gasteiger partial charge >= 0.3 is 0 Å². The highest BCUT2D eigenvalue weighted by Gasteiger charge is 2.05. The second-order valence-corrected chi connectivity index (χ2v) is 3.67. The number of hydrogen-bond donors (Lipinski definition) is 0. The third-order valence-electron chi connectivity index (χ3n) is 2.53. The van der Waals surface area contributed by atoms with Gasteiger partial charge in [-0.3, -0.25) is 10.1 Å². The molecule has 0 saturated carbocycles. The van der Waals surface area contributed by atoms with E-state index in [9.17, 15) is 20.0 Å². The highest BCUT2D eigenvalue weighted by atomic mass is 16.6. The van der Waals surface area contributed by atoms with Gasteiger partial charge in [0, 0.05) is 12.1 Å². The fraction of sp³-hybridized carbons (Fsp3) is 0. The predicted octanol–water partition coefficient (Wildman–Crippen LogP) is 1.63. The van der Waals surface area contributed by atoms with Crippen molar-refractivity contribution in [2.24, 2.45) is 0 Å². The van der Waals surface area contributed by atoms with Crippen LogP contribution in [0.5, 0.6) is 0 Å². The van der Waals surface area contributed by atoms with Crippen LogP contribution in [0.2, 0.25) is 0 Å². The maximum absolute atomic E-state index is 10.6. The Kier molecular flexibility index (Phi) is 3.05. The number of rotatable bonds is 3. The maximum atomic E-state index is 10.6. The lowest BCUT2D eigenvalue weighted by Gasteiger charge is -2.04. The van der Waals surface area contributed by atoms with Gasteiger partial charge in [0.15, 0.2) is 0 Å².